The van der Waals surface area contributed by atoms with Crippen LogP contribution in [0.2, 0.25) is 0 Å². The zero-order valence-electron chi connectivity index (χ0n) is 7.39. The fourth-order valence-corrected chi connectivity index (χ4v) is 0.787. The maximum absolute atomic E-state index is 5.49. The van der Waals surface area contributed by atoms with Crippen LogP contribution in [0.3, 0.4) is 0 Å². The monoisotopic (exact) mass is 189 g/mol. The van der Waals surface area contributed by atoms with Crippen LogP contribution in [0, 0.1) is 0 Å². The summed E-state index contributed by atoms with van der Waals surface area (Å²) in [6.07, 6.45) is 0. The molecule has 4 nitrogen and oxygen atoms in total. The minimum Gasteiger partial charge on any atom is -0.407 e. The van der Waals surface area contributed by atoms with Crippen molar-refractivity contribution in [1.82, 2.24) is 10.2 Å². The number of rotatable bonds is 2. The highest BCUT2D eigenvalue weighted by Crippen LogP contribution is 2.13. The fraction of sp³-hybridized carbons (Fsp3) is 0.714. The van der Waals surface area contributed by atoms with Crippen LogP contribution in [0.25, 0.3) is 0 Å². The number of nitrogens with zero attached hydrogens (tertiary/aromatic N) is 2. The Hall–Kier alpha value is -0.770. The molecule has 12 heavy (non-hydrogen) atoms. The highest BCUT2D eigenvalue weighted by molar-refractivity contribution is 6.16. The number of alkyl halides is 1. The van der Waals surface area contributed by atoms with Crippen LogP contribution in [-0.2, 0) is 5.88 Å². The van der Waals surface area contributed by atoms with E-state index in [1.54, 1.807) is 0 Å². The van der Waals surface area contributed by atoms with Gasteiger partial charge in [0, 0.05) is 5.54 Å². The van der Waals surface area contributed by atoms with Crippen LogP contribution in [-0.4, -0.2) is 15.7 Å². The summed E-state index contributed by atoms with van der Waals surface area (Å²) in [5.41, 5.74) is -0.0733. The Bertz CT molecular complexity index is 253. The van der Waals surface area contributed by atoms with Crippen molar-refractivity contribution >= 4 is 17.6 Å². The second-order valence-electron chi connectivity index (χ2n) is 3.51. The smallest absolute Gasteiger partial charge is 0.315 e. The van der Waals surface area contributed by atoms with Crippen LogP contribution in [0.5, 0.6) is 0 Å². The zero-order valence-corrected chi connectivity index (χ0v) is 8.14. The molecular weight excluding hydrogens is 178 g/mol. The van der Waals surface area contributed by atoms with E-state index in [4.69, 9.17) is 16.0 Å². The summed E-state index contributed by atoms with van der Waals surface area (Å²) >= 11 is 5.49. The minimum atomic E-state index is -0.0733. The highest BCUT2D eigenvalue weighted by Gasteiger charge is 2.13. The normalized spacial score (nSPS) is 11.7. The lowest BCUT2D eigenvalue weighted by Crippen LogP contribution is -2.26. The van der Waals surface area contributed by atoms with Crippen molar-refractivity contribution in [2.45, 2.75) is 32.2 Å². The van der Waals surface area contributed by atoms with Gasteiger partial charge in [0.1, 0.15) is 5.88 Å². The van der Waals surface area contributed by atoms with Gasteiger partial charge in [-0.3, -0.25) is 0 Å². The van der Waals surface area contributed by atoms with E-state index in [1.165, 1.54) is 0 Å². The number of halogens is 1. The number of anilines is 1. The molecule has 0 fully saturated rings. The Morgan fingerprint density at radius 3 is 2.50 bits per heavy atom. The predicted octanol–water partition coefficient (Wildman–Crippen LogP) is 2.02. The Morgan fingerprint density at radius 2 is 2.08 bits per heavy atom. The molecule has 0 atom stereocenters. The molecule has 1 aromatic rings. The molecule has 0 saturated heterocycles. The van der Waals surface area contributed by atoms with Gasteiger partial charge < -0.3 is 9.73 Å². The van der Waals surface area contributed by atoms with Crippen molar-refractivity contribution in [2.75, 3.05) is 5.32 Å². The van der Waals surface area contributed by atoms with E-state index in [0.29, 0.717) is 11.9 Å². The molecule has 0 amide bonds. The van der Waals surface area contributed by atoms with E-state index in [-0.39, 0.29) is 11.4 Å². The van der Waals surface area contributed by atoms with Gasteiger partial charge in [-0.05, 0) is 20.8 Å². The van der Waals surface area contributed by atoms with Gasteiger partial charge in [0.05, 0.1) is 0 Å². The largest absolute Gasteiger partial charge is 0.407 e. The van der Waals surface area contributed by atoms with Crippen LogP contribution in [0.4, 0.5) is 6.01 Å². The van der Waals surface area contributed by atoms with Gasteiger partial charge in [-0.25, -0.2) is 0 Å². The molecular formula is C7H12ClN3O. The third-order valence-corrected chi connectivity index (χ3v) is 1.29. The van der Waals surface area contributed by atoms with E-state index < -0.39 is 0 Å². The van der Waals surface area contributed by atoms with Crippen molar-refractivity contribution in [1.29, 1.82) is 0 Å². The summed E-state index contributed by atoms with van der Waals surface area (Å²) < 4.78 is 5.14. The van der Waals surface area contributed by atoms with Crippen molar-refractivity contribution < 1.29 is 4.42 Å². The molecule has 1 N–H and O–H groups in total. The maximum atomic E-state index is 5.49. The van der Waals surface area contributed by atoms with Crippen molar-refractivity contribution in [3.8, 4) is 0 Å². The first kappa shape index (κ1) is 9.32. The average molecular weight is 190 g/mol. The quantitative estimate of drug-likeness (QED) is 0.724. The van der Waals surface area contributed by atoms with Crippen LogP contribution >= 0.6 is 11.6 Å². The third-order valence-electron chi connectivity index (χ3n) is 1.06. The summed E-state index contributed by atoms with van der Waals surface area (Å²) in [7, 11) is 0. The van der Waals surface area contributed by atoms with E-state index in [9.17, 15) is 0 Å². The van der Waals surface area contributed by atoms with Crippen LogP contribution in [0.1, 0.15) is 26.7 Å². The molecule has 0 aromatic carbocycles. The van der Waals surface area contributed by atoms with Gasteiger partial charge in [-0.1, -0.05) is 5.10 Å². The van der Waals surface area contributed by atoms with Gasteiger partial charge in [0.25, 0.3) is 0 Å². The summed E-state index contributed by atoms with van der Waals surface area (Å²) in [6.45, 7) is 6.03. The average Bonchev–Trinajstić information content (AvgIpc) is 2.32. The van der Waals surface area contributed by atoms with E-state index >= 15 is 0 Å². The Kier molecular flexibility index (Phi) is 2.57. The topological polar surface area (TPSA) is 51.0 Å². The molecule has 68 valence electrons. The third kappa shape index (κ3) is 2.70. The molecule has 0 aliphatic carbocycles. The molecule has 0 saturated carbocycles. The molecule has 1 heterocycles. The van der Waals surface area contributed by atoms with Crippen LogP contribution in [0.15, 0.2) is 4.42 Å². The molecule has 0 aliphatic heterocycles. The molecule has 0 aliphatic rings. The molecule has 0 bridgehead atoms. The van der Waals surface area contributed by atoms with Gasteiger partial charge in [0.15, 0.2) is 0 Å². The lowest BCUT2D eigenvalue weighted by atomic mass is 10.1. The molecule has 1 aromatic heterocycles. The summed E-state index contributed by atoms with van der Waals surface area (Å²) in [6, 6.07) is 0.415. The highest BCUT2D eigenvalue weighted by atomic mass is 35.5. The molecule has 0 spiro atoms. The van der Waals surface area contributed by atoms with Gasteiger partial charge in [0.2, 0.25) is 5.89 Å². The number of hydrogen-bond donors (Lipinski definition) is 1. The van der Waals surface area contributed by atoms with E-state index in [2.05, 4.69) is 15.5 Å². The van der Waals surface area contributed by atoms with E-state index in [1.807, 2.05) is 20.8 Å². The van der Waals surface area contributed by atoms with Gasteiger partial charge in [-0.15, -0.1) is 16.7 Å². The number of aromatic nitrogens is 2. The summed E-state index contributed by atoms with van der Waals surface area (Å²) in [5.74, 6) is 0.683. The first-order valence-corrected chi connectivity index (χ1v) is 4.21. The molecule has 0 unspecified atom stereocenters. The van der Waals surface area contributed by atoms with Crippen molar-refractivity contribution in [3.05, 3.63) is 5.89 Å². The van der Waals surface area contributed by atoms with Crippen molar-refractivity contribution in [3.63, 3.8) is 0 Å². The van der Waals surface area contributed by atoms with Gasteiger partial charge in [-0.2, -0.15) is 0 Å². The number of nitrogens with one attached hydrogen (secondary N) is 1. The lowest BCUT2D eigenvalue weighted by Gasteiger charge is -2.17. The Morgan fingerprint density at radius 1 is 1.42 bits per heavy atom. The predicted molar refractivity (Wildman–Crippen MR) is 47.2 cm³/mol. The van der Waals surface area contributed by atoms with Crippen LogP contribution < -0.4 is 5.32 Å². The first-order chi connectivity index (χ1) is 5.51. The second-order valence-corrected chi connectivity index (χ2v) is 3.78. The van der Waals surface area contributed by atoms with E-state index in [0.717, 1.165) is 0 Å². The second kappa shape index (κ2) is 3.31. The molecule has 1 rings (SSSR count). The Labute approximate surface area is 76.3 Å². The van der Waals surface area contributed by atoms with Gasteiger partial charge >= 0.3 is 6.01 Å². The van der Waals surface area contributed by atoms with Crippen molar-refractivity contribution in [2.24, 2.45) is 0 Å². The molecule has 0 radical (unpaired) electrons. The SMILES string of the molecule is CC(C)(C)Nc1nnc(CCl)o1. The molecule has 5 heteroatoms. The first-order valence-electron chi connectivity index (χ1n) is 3.68. The fourth-order valence-electron chi connectivity index (χ4n) is 0.679. The summed E-state index contributed by atoms with van der Waals surface area (Å²) in [4.78, 5) is 0. The Balaban J connectivity index is 2.64. The minimum absolute atomic E-state index is 0.0733. The standard InChI is InChI=1S/C7H12ClN3O/c1-7(2,3)9-6-11-10-5(4-8)12-6/h4H2,1-3H3,(H,9,11). The summed E-state index contributed by atoms with van der Waals surface area (Å²) in [5, 5.41) is 10.5. The lowest BCUT2D eigenvalue weighted by molar-refractivity contribution is 0.501. The number of hydrogen-bond acceptors (Lipinski definition) is 4. The maximum Gasteiger partial charge on any atom is 0.315 e. The zero-order chi connectivity index (χ0) is 9.19.